The van der Waals surface area contributed by atoms with Gasteiger partial charge in [0.05, 0.1) is 0 Å². The van der Waals surface area contributed by atoms with Crippen LogP contribution < -0.4 is 0 Å². The lowest BCUT2D eigenvalue weighted by Gasteiger charge is -2.07. The van der Waals surface area contributed by atoms with Gasteiger partial charge in [-0.15, -0.1) is 0 Å². The molecule has 0 saturated heterocycles. The highest BCUT2D eigenvalue weighted by Gasteiger charge is 2.09. The van der Waals surface area contributed by atoms with Gasteiger partial charge in [-0.3, -0.25) is 4.79 Å². The molecular weight excluding hydrogens is 184 g/mol. The fourth-order valence-electron chi connectivity index (χ4n) is 1.50. The third-order valence-electron chi connectivity index (χ3n) is 2.94. The Morgan fingerprint density at radius 1 is 1.27 bits per heavy atom. The molecule has 1 nitrogen and oxygen atoms in total. The summed E-state index contributed by atoms with van der Waals surface area (Å²) in [6.45, 7) is 6.15. The quantitative estimate of drug-likeness (QED) is 0.717. The largest absolute Gasteiger partial charge is 0.299 e. The molecule has 1 aromatic rings. The molecule has 1 rings (SSSR count). The SMILES string of the molecule is CCC(C)C(=O)CCc1ccc(C)cc1. The molecule has 0 spiro atoms. The Bertz CT molecular complexity index is 311. The molecule has 0 aliphatic rings. The number of carbonyl (C=O) groups is 1. The average Bonchev–Trinajstić information content (AvgIpc) is 2.26. The summed E-state index contributed by atoms with van der Waals surface area (Å²) in [5.41, 5.74) is 2.53. The first-order valence-corrected chi connectivity index (χ1v) is 5.71. The Balaban J connectivity index is 2.43. The molecule has 0 aliphatic carbocycles. The van der Waals surface area contributed by atoms with Crippen LogP contribution in [0.25, 0.3) is 0 Å². The Morgan fingerprint density at radius 2 is 1.87 bits per heavy atom. The third-order valence-corrected chi connectivity index (χ3v) is 2.94. The second-order valence-electron chi connectivity index (χ2n) is 4.26. The zero-order valence-corrected chi connectivity index (χ0v) is 9.92. The summed E-state index contributed by atoms with van der Waals surface area (Å²) in [4.78, 5) is 11.6. The second kappa shape index (κ2) is 5.69. The Labute approximate surface area is 92.5 Å². The molecule has 82 valence electrons. The second-order valence-corrected chi connectivity index (χ2v) is 4.26. The van der Waals surface area contributed by atoms with Gasteiger partial charge in [0.15, 0.2) is 0 Å². The lowest BCUT2D eigenvalue weighted by Crippen LogP contribution is -2.10. The smallest absolute Gasteiger partial charge is 0.136 e. The van der Waals surface area contributed by atoms with Crippen molar-refractivity contribution in [2.24, 2.45) is 5.92 Å². The van der Waals surface area contributed by atoms with Crippen LogP contribution in [0.2, 0.25) is 0 Å². The van der Waals surface area contributed by atoms with Crippen LogP contribution >= 0.6 is 0 Å². The number of carbonyl (C=O) groups excluding carboxylic acids is 1. The van der Waals surface area contributed by atoms with E-state index in [0.29, 0.717) is 12.2 Å². The number of hydrogen-bond acceptors (Lipinski definition) is 1. The van der Waals surface area contributed by atoms with Crippen molar-refractivity contribution in [3.8, 4) is 0 Å². The average molecular weight is 204 g/mol. The molecule has 0 radical (unpaired) electrons. The van der Waals surface area contributed by atoms with E-state index in [1.807, 2.05) is 6.92 Å². The van der Waals surface area contributed by atoms with E-state index in [4.69, 9.17) is 0 Å². The van der Waals surface area contributed by atoms with Crippen molar-refractivity contribution in [2.45, 2.75) is 40.0 Å². The van der Waals surface area contributed by atoms with E-state index in [-0.39, 0.29) is 5.92 Å². The summed E-state index contributed by atoms with van der Waals surface area (Å²) in [6, 6.07) is 8.42. The van der Waals surface area contributed by atoms with Crippen molar-refractivity contribution in [3.63, 3.8) is 0 Å². The van der Waals surface area contributed by atoms with Gasteiger partial charge in [-0.25, -0.2) is 0 Å². The lowest BCUT2D eigenvalue weighted by molar-refractivity contribution is -0.122. The van der Waals surface area contributed by atoms with Gasteiger partial charge in [-0.1, -0.05) is 43.7 Å². The zero-order chi connectivity index (χ0) is 11.3. The zero-order valence-electron chi connectivity index (χ0n) is 9.92. The van der Waals surface area contributed by atoms with Gasteiger partial charge in [0, 0.05) is 12.3 Å². The first-order valence-electron chi connectivity index (χ1n) is 5.71. The summed E-state index contributed by atoms with van der Waals surface area (Å²) < 4.78 is 0. The molecule has 1 unspecified atom stereocenters. The Hall–Kier alpha value is -1.11. The van der Waals surface area contributed by atoms with Crippen molar-refractivity contribution in [1.82, 2.24) is 0 Å². The number of hydrogen-bond donors (Lipinski definition) is 0. The third kappa shape index (κ3) is 3.86. The predicted molar refractivity (Wildman–Crippen MR) is 64.0 cm³/mol. The van der Waals surface area contributed by atoms with Crippen LogP contribution in [0, 0.1) is 12.8 Å². The molecule has 1 atom stereocenters. The van der Waals surface area contributed by atoms with Crippen LogP contribution in [0.1, 0.15) is 37.8 Å². The Kier molecular flexibility index (Phi) is 4.54. The molecular formula is C14H20O. The highest BCUT2D eigenvalue weighted by atomic mass is 16.1. The number of ketones is 1. The van der Waals surface area contributed by atoms with Crippen molar-refractivity contribution >= 4 is 5.78 Å². The van der Waals surface area contributed by atoms with Gasteiger partial charge in [-0.05, 0) is 25.3 Å². The van der Waals surface area contributed by atoms with E-state index in [2.05, 4.69) is 38.1 Å². The maximum absolute atomic E-state index is 11.6. The lowest BCUT2D eigenvalue weighted by atomic mass is 9.97. The van der Waals surface area contributed by atoms with Crippen molar-refractivity contribution < 1.29 is 4.79 Å². The van der Waals surface area contributed by atoms with E-state index in [1.165, 1.54) is 11.1 Å². The molecule has 1 aromatic carbocycles. The molecule has 0 aliphatic heterocycles. The van der Waals surface area contributed by atoms with Gasteiger partial charge in [-0.2, -0.15) is 0 Å². The van der Waals surface area contributed by atoms with E-state index in [9.17, 15) is 4.79 Å². The minimum atomic E-state index is 0.218. The highest BCUT2D eigenvalue weighted by Crippen LogP contribution is 2.10. The van der Waals surface area contributed by atoms with E-state index in [1.54, 1.807) is 0 Å². The molecule has 0 bridgehead atoms. The first kappa shape index (κ1) is 12.0. The maximum atomic E-state index is 11.6. The fraction of sp³-hybridized carbons (Fsp3) is 0.500. The monoisotopic (exact) mass is 204 g/mol. The minimum absolute atomic E-state index is 0.218. The molecule has 0 heterocycles. The summed E-state index contributed by atoms with van der Waals surface area (Å²) in [5, 5.41) is 0. The molecule has 0 amide bonds. The minimum Gasteiger partial charge on any atom is -0.299 e. The normalized spacial score (nSPS) is 12.5. The van der Waals surface area contributed by atoms with Crippen LogP contribution in [0.3, 0.4) is 0 Å². The molecule has 0 N–H and O–H groups in total. The Morgan fingerprint density at radius 3 is 2.40 bits per heavy atom. The molecule has 0 fully saturated rings. The number of Topliss-reactive ketones (excluding diaryl/α,β-unsaturated/α-hetero) is 1. The fourth-order valence-corrected chi connectivity index (χ4v) is 1.50. The van der Waals surface area contributed by atoms with Crippen molar-refractivity contribution in [3.05, 3.63) is 35.4 Å². The van der Waals surface area contributed by atoms with Crippen LogP contribution in [-0.2, 0) is 11.2 Å². The summed E-state index contributed by atoms with van der Waals surface area (Å²) in [5.74, 6) is 0.605. The van der Waals surface area contributed by atoms with Gasteiger partial charge in [0.1, 0.15) is 5.78 Å². The standard InChI is InChI=1S/C14H20O/c1-4-12(3)14(15)10-9-13-7-5-11(2)6-8-13/h5-8,12H,4,9-10H2,1-3H3. The van der Waals surface area contributed by atoms with Crippen molar-refractivity contribution in [1.29, 1.82) is 0 Å². The summed E-state index contributed by atoms with van der Waals surface area (Å²) >= 11 is 0. The van der Waals surface area contributed by atoms with Gasteiger partial charge < -0.3 is 0 Å². The predicted octanol–water partition coefficient (Wildman–Crippen LogP) is 3.54. The first-order chi connectivity index (χ1) is 7.13. The number of rotatable bonds is 5. The molecule has 0 saturated carbocycles. The number of benzene rings is 1. The van der Waals surface area contributed by atoms with Crippen LogP contribution in [0.4, 0.5) is 0 Å². The van der Waals surface area contributed by atoms with Gasteiger partial charge in [0.25, 0.3) is 0 Å². The van der Waals surface area contributed by atoms with Gasteiger partial charge >= 0.3 is 0 Å². The van der Waals surface area contributed by atoms with Crippen LogP contribution in [0.15, 0.2) is 24.3 Å². The van der Waals surface area contributed by atoms with Crippen LogP contribution in [0.5, 0.6) is 0 Å². The molecule has 1 heteroatoms. The van der Waals surface area contributed by atoms with Crippen LogP contribution in [-0.4, -0.2) is 5.78 Å². The van der Waals surface area contributed by atoms with E-state index in [0.717, 1.165) is 12.8 Å². The maximum Gasteiger partial charge on any atom is 0.136 e. The topological polar surface area (TPSA) is 17.1 Å². The number of aryl methyl sites for hydroxylation is 2. The summed E-state index contributed by atoms with van der Waals surface area (Å²) in [7, 11) is 0. The van der Waals surface area contributed by atoms with E-state index < -0.39 is 0 Å². The summed E-state index contributed by atoms with van der Waals surface area (Å²) in [6.07, 6.45) is 2.51. The van der Waals surface area contributed by atoms with E-state index >= 15 is 0 Å². The molecule has 0 aromatic heterocycles. The van der Waals surface area contributed by atoms with Crippen molar-refractivity contribution in [2.75, 3.05) is 0 Å². The van der Waals surface area contributed by atoms with Gasteiger partial charge in [0.2, 0.25) is 0 Å². The molecule has 15 heavy (non-hydrogen) atoms. The highest BCUT2D eigenvalue weighted by molar-refractivity contribution is 5.80.